The van der Waals surface area contributed by atoms with Gasteiger partial charge in [-0.05, 0) is 43.1 Å². The molecular weight excluding hydrogens is 272 g/mol. The van der Waals surface area contributed by atoms with Crippen LogP contribution in [0.4, 0.5) is 5.69 Å². The third-order valence-corrected chi connectivity index (χ3v) is 3.43. The Labute approximate surface area is 128 Å². The number of nitrogens with one attached hydrogen (secondary N) is 1. The Kier molecular flexibility index (Phi) is 7.97. The van der Waals surface area contributed by atoms with Gasteiger partial charge in [0.05, 0.1) is 6.61 Å². The maximum atomic E-state index is 6.14. The standard InChI is InChI=1S/C16H27ClN2O/c1-5-19(8-9-20-4)16-7-6-15(17)10-14(16)12-18-11-13(2)3/h6-7,10,13,18H,5,8-9,11-12H2,1-4H3. The second kappa shape index (κ2) is 9.22. The molecule has 0 saturated heterocycles. The van der Waals surface area contributed by atoms with Gasteiger partial charge in [-0.2, -0.15) is 0 Å². The minimum Gasteiger partial charge on any atom is -0.383 e. The van der Waals surface area contributed by atoms with Crippen molar-refractivity contribution in [3.05, 3.63) is 28.8 Å². The van der Waals surface area contributed by atoms with E-state index in [1.54, 1.807) is 7.11 Å². The number of ether oxygens (including phenoxy) is 1. The third-order valence-electron chi connectivity index (χ3n) is 3.20. The Bertz CT molecular complexity index is 396. The predicted octanol–water partition coefficient (Wildman–Crippen LogP) is 3.56. The van der Waals surface area contributed by atoms with Crippen LogP contribution in [-0.2, 0) is 11.3 Å². The summed E-state index contributed by atoms with van der Waals surface area (Å²) in [6.45, 7) is 11.0. The van der Waals surface area contributed by atoms with Crippen molar-refractivity contribution < 1.29 is 4.74 Å². The van der Waals surface area contributed by atoms with Crippen LogP contribution in [0.15, 0.2) is 18.2 Å². The van der Waals surface area contributed by atoms with E-state index < -0.39 is 0 Å². The molecule has 0 aliphatic carbocycles. The molecule has 0 saturated carbocycles. The fraction of sp³-hybridized carbons (Fsp3) is 0.625. The summed E-state index contributed by atoms with van der Waals surface area (Å²) < 4.78 is 5.19. The number of hydrogen-bond acceptors (Lipinski definition) is 3. The van der Waals surface area contributed by atoms with E-state index in [1.807, 2.05) is 6.07 Å². The molecule has 0 heterocycles. The molecular formula is C16H27ClN2O. The van der Waals surface area contributed by atoms with Crippen molar-refractivity contribution in [2.45, 2.75) is 27.3 Å². The van der Waals surface area contributed by atoms with E-state index >= 15 is 0 Å². The first-order chi connectivity index (χ1) is 9.58. The summed E-state index contributed by atoms with van der Waals surface area (Å²) in [6, 6.07) is 6.12. The predicted molar refractivity (Wildman–Crippen MR) is 87.8 cm³/mol. The van der Waals surface area contributed by atoms with Crippen LogP contribution in [-0.4, -0.2) is 33.4 Å². The summed E-state index contributed by atoms with van der Waals surface area (Å²) >= 11 is 6.14. The SMILES string of the molecule is CCN(CCOC)c1ccc(Cl)cc1CNCC(C)C. The van der Waals surface area contributed by atoms with E-state index in [-0.39, 0.29) is 0 Å². The topological polar surface area (TPSA) is 24.5 Å². The highest BCUT2D eigenvalue weighted by Gasteiger charge is 2.10. The lowest BCUT2D eigenvalue weighted by atomic mass is 10.1. The molecule has 20 heavy (non-hydrogen) atoms. The number of nitrogens with zero attached hydrogens (tertiary/aromatic N) is 1. The first kappa shape index (κ1) is 17.3. The summed E-state index contributed by atoms with van der Waals surface area (Å²) in [7, 11) is 1.74. The molecule has 0 amide bonds. The van der Waals surface area contributed by atoms with E-state index in [0.717, 1.165) is 37.8 Å². The highest BCUT2D eigenvalue weighted by atomic mass is 35.5. The van der Waals surface area contributed by atoms with Crippen LogP contribution in [0.5, 0.6) is 0 Å². The van der Waals surface area contributed by atoms with Gasteiger partial charge in [0.1, 0.15) is 0 Å². The number of anilines is 1. The van der Waals surface area contributed by atoms with Crippen molar-refractivity contribution in [1.82, 2.24) is 5.32 Å². The van der Waals surface area contributed by atoms with Crippen LogP contribution >= 0.6 is 11.6 Å². The van der Waals surface area contributed by atoms with Gasteiger partial charge in [-0.25, -0.2) is 0 Å². The molecule has 1 aromatic carbocycles. The van der Waals surface area contributed by atoms with E-state index in [9.17, 15) is 0 Å². The minimum absolute atomic E-state index is 0.647. The first-order valence-electron chi connectivity index (χ1n) is 7.31. The lowest BCUT2D eigenvalue weighted by Crippen LogP contribution is -2.29. The number of likely N-dealkylation sites (N-methyl/N-ethyl adjacent to an activating group) is 1. The average Bonchev–Trinajstić information content (AvgIpc) is 2.41. The lowest BCUT2D eigenvalue weighted by molar-refractivity contribution is 0.205. The summed E-state index contributed by atoms with van der Waals surface area (Å²) in [5.41, 5.74) is 2.49. The quantitative estimate of drug-likeness (QED) is 0.754. The van der Waals surface area contributed by atoms with Crippen molar-refractivity contribution in [3.8, 4) is 0 Å². The summed E-state index contributed by atoms with van der Waals surface area (Å²) in [5, 5.41) is 4.28. The van der Waals surface area contributed by atoms with Gasteiger partial charge >= 0.3 is 0 Å². The summed E-state index contributed by atoms with van der Waals surface area (Å²) in [5.74, 6) is 0.647. The molecule has 0 spiro atoms. The smallest absolute Gasteiger partial charge is 0.0637 e. The molecule has 4 heteroatoms. The second-order valence-electron chi connectivity index (χ2n) is 5.37. The molecule has 0 atom stereocenters. The van der Waals surface area contributed by atoms with Crippen molar-refractivity contribution in [3.63, 3.8) is 0 Å². The lowest BCUT2D eigenvalue weighted by Gasteiger charge is -2.26. The number of benzene rings is 1. The van der Waals surface area contributed by atoms with E-state index in [1.165, 1.54) is 11.3 Å². The third kappa shape index (κ3) is 5.70. The Morgan fingerprint density at radius 1 is 1.35 bits per heavy atom. The Morgan fingerprint density at radius 3 is 2.70 bits per heavy atom. The van der Waals surface area contributed by atoms with Gasteiger partial charge in [0.15, 0.2) is 0 Å². The number of halogens is 1. The number of rotatable bonds is 9. The molecule has 0 aliphatic heterocycles. The van der Waals surface area contributed by atoms with Crippen molar-refractivity contribution >= 4 is 17.3 Å². The molecule has 0 fully saturated rings. The van der Waals surface area contributed by atoms with Crippen molar-refractivity contribution in [2.24, 2.45) is 5.92 Å². The fourth-order valence-corrected chi connectivity index (χ4v) is 2.34. The summed E-state index contributed by atoms with van der Waals surface area (Å²) in [6.07, 6.45) is 0. The van der Waals surface area contributed by atoms with Gasteiger partial charge in [0, 0.05) is 37.5 Å². The Hall–Kier alpha value is -0.770. The van der Waals surface area contributed by atoms with Gasteiger partial charge in [0.25, 0.3) is 0 Å². The average molecular weight is 299 g/mol. The monoisotopic (exact) mass is 298 g/mol. The number of methoxy groups -OCH3 is 1. The molecule has 114 valence electrons. The molecule has 1 aromatic rings. The van der Waals surface area contributed by atoms with Crippen molar-refractivity contribution in [2.75, 3.05) is 38.3 Å². The molecule has 0 aromatic heterocycles. The van der Waals surface area contributed by atoms with Crippen LogP contribution in [0.25, 0.3) is 0 Å². The van der Waals surface area contributed by atoms with E-state index in [0.29, 0.717) is 5.92 Å². The van der Waals surface area contributed by atoms with Crippen molar-refractivity contribution in [1.29, 1.82) is 0 Å². The van der Waals surface area contributed by atoms with Crippen LogP contribution in [0.1, 0.15) is 26.3 Å². The second-order valence-corrected chi connectivity index (χ2v) is 5.81. The molecule has 3 nitrogen and oxygen atoms in total. The van der Waals surface area contributed by atoms with Gasteiger partial charge in [-0.15, -0.1) is 0 Å². The van der Waals surface area contributed by atoms with Gasteiger partial charge in [0.2, 0.25) is 0 Å². The minimum atomic E-state index is 0.647. The zero-order valence-electron chi connectivity index (χ0n) is 13.1. The Balaban J connectivity index is 2.81. The number of hydrogen-bond donors (Lipinski definition) is 1. The normalized spacial score (nSPS) is 11.1. The molecule has 1 rings (SSSR count). The highest BCUT2D eigenvalue weighted by Crippen LogP contribution is 2.24. The fourth-order valence-electron chi connectivity index (χ4n) is 2.15. The van der Waals surface area contributed by atoms with Crippen LogP contribution in [0, 0.1) is 5.92 Å². The molecule has 0 bridgehead atoms. The van der Waals surface area contributed by atoms with Gasteiger partial charge in [-0.1, -0.05) is 25.4 Å². The van der Waals surface area contributed by atoms with Gasteiger partial charge < -0.3 is 15.0 Å². The maximum absolute atomic E-state index is 6.14. The van der Waals surface area contributed by atoms with Crippen LogP contribution in [0.2, 0.25) is 5.02 Å². The zero-order valence-corrected chi connectivity index (χ0v) is 13.8. The zero-order chi connectivity index (χ0) is 15.0. The molecule has 0 unspecified atom stereocenters. The molecule has 1 N–H and O–H groups in total. The van der Waals surface area contributed by atoms with Crippen LogP contribution < -0.4 is 10.2 Å². The molecule has 0 aliphatic rings. The first-order valence-corrected chi connectivity index (χ1v) is 7.69. The highest BCUT2D eigenvalue weighted by molar-refractivity contribution is 6.30. The maximum Gasteiger partial charge on any atom is 0.0637 e. The summed E-state index contributed by atoms with van der Waals surface area (Å²) in [4.78, 5) is 2.33. The van der Waals surface area contributed by atoms with E-state index in [4.69, 9.17) is 16.3 Å². The van der Waals surface area contributed by atoms with Gasteiger partial charge in [-0.3, -0.25) is 0 Å². The molecule has 0 radical (unpaired) electrons. The Morgan fingerprint density at radius 2 is 2.10 bits per heavy atom. The largest absolute Gasteiger partial charge is 0.383 e. The van der Waals surface area contributed by atoms with Crippen LogP contribution in [0.3, 0.4) is 0 Å². The van der Waals surface area contributed by atoms with E-state index in [2.05, 4.69) is 43.1 Å².